The van der Waals surface area contributed by atoms with E-state index in [1.807, 2.05) is 47.8 Å². The number of anilines is 1. The molecule has 0 saturated heterocycles. The third-order valence-corrected chi connectivity index (χ3v) is 5.20. The normalized spacial score (nSPS) is 19.0. The summed E-state index contributed by atoms with van der Waals surface area (Å²) >= 11 is 7.62. The Morgan fingerprint density at radius 2 is 2.00 bits per heavy atom. The minimum atomic E-state index is -0.0351. The van der Waals surface area contributed by atoms with Crippen LogP contribution in [0.1, 0.15) is 17.9 Å². The van der Waals surface area contributed by atoms with Gasteiger partial charge >= 0.3 is 0 Å². The first-order valence-corrected chi connectivity index (χ1v) is 8.90. The summed E-state index contributed by atoms with van der Waals surface area (Å²) in [6.07, 6.45) is 2.55. The summed E-state index contributed by atoms with van der Waals surface area (Å²) in [7, 11) is 0. The van der Waals surface area contributed by atoms with E-state index in [9.17, 15) is 4.79 Å². The van der Waals surface area contributed by atoms with E-state index in [4.69, 9.17) is 11.6 Å². The van der Waals surface area contributed by atoms with Crippen molar-refractivity contribution in [3.05, 3.63) is 64.6 Å². The van der Waals surface area contributed by atoms with Gasteiger partial charge in [0, 0.05) is 22.5 Å². The number of rotatable bonds is 4. The summed E-state index contributed by atoms with van der Waals surface area (Å²) in [5.41, 5.74) is 2.62. The molecule has 1 fully saturated rings. The van der Waals surface area contributed by atoms with Crippen molar-refractivity contribution in [3.63, 3.8) is 0 Å². The summed E-state index contributed by atoms with van der Waals surface area (Å²) in [5.74, 6) is 0.169. The number of hydrogen-bond donors (Lipinski definition) is 1. The topological polar surface area (TPSA) is 54.9 Å². The van der Waals surface area contributed by atoms with Crippen LogP contribution in [-0.4, -0.2) is 15.9 Å². The molecule has 120 valence electrons. The number of benzene rings is 1. The number of amides is 1. The lowest BCUT2D eigenvalue weighted by atomic mass is 10.1. The van der Waals surface area contributed by atoms with Crippen LogP contribution < -0.4 is 5.32 Å². The minimum absolute atomic E-state index is 0.00170. The molecule has 4 nitrogen and oxygen atoms in total. The van der Waals surface area contributed by atoms with Crippen molar-refractivity contribution < 1.29 is 4.79 Å². The summed E-state index contributed by atoms with van der Waals surface area (Å²) < 4.78 is 0. The molecule has 1 amide bonds. The zero-order chi connectivity index (χ0) is 16.5. The highest BCUT2D eigenvalue weighted by molar-refractivity contribution is 7.14. The van der Waals surface area contributed by atoms with E-state index < -0.39 is 0 Å². The lowest BCUT2D eigenvalue weighted by molar-refractivity contribution is -0.117. The zero-order valence-corrected chi connectivity index (χ0v) is 14.2. The molecule has 0 spiro atoms. The van der Waals surface area contributed by atoms with Crippen LogP contribution in [0.4, 0.5) is 5.13 Å². The number of halogens is 1. The lowest BCUT2D eigenvalue weighted by Crippen LogP contribution is -2.14. The van der Waals surface area contributed by atoms with Gasteiger partial charge in [0.1, 0.15) is 5.69 Å². The molecule has 2 atom stereocenters. The summed E-state index contributed by atoms with van der Waals surface area (Å²) in [4.78, 5) is 21.1. The fraction of sp³-hybridized carbons (Fsp3) is 0.167. The predicted octanol–water partition coefficient (Wildman–Crippen LogP) is 4.60. The molecule has 0 bridgehead atoms. The van der Waals surface area contributed by atoms with Crippen LogP contribution in [0.5, 0.6) is 0 Å². The number of nitrogens with one attached hydrogen (secondary N) is 1. The van der Waals surface area contributed by atoms with E-state index >= 15 is 0 Å². The van der Waals surface area contributed by atoms with Gasteiger partial charge in [-0.2, -0.15) is 0 Å². The van der Waals surface area contributed by atoms with Crippen molar-refractivity contribution >= 4 is 34.0 Å². The minimum Gasteiger partial charge on any atom is -0.302 e. The summed E-state index contributed by atoms with van der Waals surface area (Å²) in [6.45, 7) is 0. The summed E-state index contributed by atoms with van der Waals surface area (Å²) in [6, 6.07) is 13.4. The molecule has 2 heterocycles. The van der Waals surface area contributed by atoms with Crippen molar-refractivity contribution in [1.82, 2.24) is 9.97 Å². The van der Waals surface area contributed by atoms with Gasteiger partial charge in [0.25, 0.3) is 0 Å². The van der Waals surface area contributed by atoms with Crippen molar-refractivity contribution in [2.24, 2.45) is 5.92 Å². The van der Waals surface area contributed by atoms with Gasteiger partial charge in [-0.25, -0.2) is 4.98 Å². The Kier molecular flexibility index (Phi) is 4.04. The van der Waals surface area contributed by atoms with Gasteiger partial charge < -0.3 is 5.32 Å². The second-order valence-electron chi connectivity index (χ2n) is 5.71. The number of hydrogen-bond acceptors (Lipinski definition) is 4. The average Bonchev–Trinajstić information content (AvgIpc) is 3.27. The molecule has 24 heavy (non-hydrogen) atoms. The molecular weight excluding hydrogens is 342 g/mol. The Morgan fingerprint density at radius 1 is 1.17 bits per heavy atom. The number of carbonyl (C=O) groups excluding carboxylic acids is 1. The Hall–Kier alpha value is -2.24. The smallest absolute Gasteiger partial charge is 0.229 e. The Balaban J connectivity index is 1.43. The number of thiazole rings is 1. The Labute approximate surface area is 148 Å². The molecule has 0 radical (unpaired) electrons. The van der Waals surface area contributed by atoms with Crippen molar-refractivity contribution in [1.29, 1.82) is 0 Å². The van der Waals surface area contributed by atoms with E-state index in [0.29, 0.717) is 5.13 Å². The van der Waals surface area contributed by atoms with Crippen molar-refractivity contribution in [3.8, 4) is 11.4 Å². The molecule has 0 aliphatic heterocycles. The van der Waals surface area contributed by atoms with Crippen LogP contribution >= 0.6 is 22.9 Å². The largest absolute Gasteiger partial charge is 0.302 e. The first kappa shape index (κ1) is 15.3. The van der Waals surface area contributed by atoms with E-state index in [-0.39, 0.29) is 17.7 Å². The molecule has 1 aromatic carbocycles. The fourth-order valence-corrected chi connectivity index (χ4v) is 3.75. The number of nitrogens with zero attached hydrogens (tertiary/aromatic N) is 2. The molecule has 6 heteroatoms. The maximum atomic E-state index is 12.4. The molecule has 1 aliphatic carbocycles. The van der Waals surface area contributed by atoms with E-state index in [1.165, 1.54) is 11.3 Å². The van der Waals surface area contributed by atoms with Crippen LogP contribution in [0.2, 0.25) is 5.02 Å². The Bertz CT molecular complexity index is 881. The highest BCUT2D eigenvalue weighted by Gasteiger charge is 2.45. The van der Waals surface area contributed by atoms with Crippen LogP contribution in [0.15, 0.2) is 54.0 Å². The molecule has 1 saturated carbocycles. The van der Waals surface area contributed by atoms with Gasteiger partial charge in [0.15, 0.2) is 5.13 Å². The maximum absolute atomic E-state index is 12.4. The molecule has 1 aliphatic rings. The van der Waals surface area contributed by atoms with Gasteiger partial charge in [-0.3, -0.25) is 9.78 Å². The Morgan fingerprint density at radius 3 is 2.79 bits per heavy atom. The van der Waals surface area contributed by atoms with Crippen LogP contribution in [-0.2, 0) is 4.79 Å². The molecular formula is C18H14ClN3OS. The first-order chi connectivity index (χ1) is 11.7. The highest BCUT2D eigenvalue weighted by atomic mass is 35.5. The second kappa shape index (κ2) is 6.34. The quantitative estimate of drug-likeness (QED) is 0.744. The number of carbonyl (C=O) groups is 1. The zero-order valence-electron chi connectivity index (χ0n) is 12.6. The van der Waals surface area contributed by atoms with Crippen LogP contribution in [0, 0.1) is 5.92 Å². The van der Waals surface area contributed by atoms with E-state index in [0.717, 1.165) is 28.4 Å². The molecule has 3 aromatic rings. The number of pyridine rings is 1. The molecule has 2 aromatic heterocycles. The van der Waals surface area contributed by atoms with E-state index in [2.05, 4.69) is 15.3 Å². The van der Waals surface area contributed by atoms with Gasteiger partial charge in [-0.05, 0) is 36.1 Å². The fourth-order valence-electron chi connectivity index (χ4n) is 2.77. The highest BCUT2D eigenvalue weighted by Crippen LogP contribution is 2.50. The van der Waals surface area contributed by atoms with Crippen LogP contribution in [0.25, 0.3) is 11.4 Å². The predicted molar refractivity (Wildman–Crippen MR) is 96.3 cm³/mol. The van der Waals surface area contributed by atoms with Crippen LogP contribution in [0.3, 0.4) is 0 Å². The molecule has 4 rings (SSSR count). The third kappa shape index (κ3) is 3.05. The molecule has 0 unspecified atom stereocenters. The van der Waals surface area contributed by atoms with Gasteiger partial charge in [0.2, 0.25) is 5.91 Å². The SMILES string of the molecule is O=C(Nc1nc(-c2ccccn2)cs1)[C@@H]1C[C@@H]1c1ccccc1Cl. The van der Waals surface area contributed by atoms with Gasteiger partial charge in [-0.1, -0.05) is 35.9 Å². The lowest BCUT2D eigenvalue weighted by Gasteiger charge is -2.03. The standard InChI is InChI=1S/C18H14ClN3OS/c19-14-6-2-1-5-11(14)12-9-13(12)17(23)22-18-21-16(10-24-18)15-7-3-4-8-20-15/h1-8,10,12-13H,9H2,(H,21,22,23)/t12-,13-/m1/s1. The first-order valence-electron chi connectivity index (χ1n) is 7.64. The average molecular weight is 356 g/mol. The second-order valence-corrected chi connectivity index (χ2v) is 6.98. The third-order valence-electron chi connectivity index (χ3n) is 4.09. The summed E-state index contributed by atoms with van der Waals surface area (Å²) in [5, 5.41) is 6.14. The van der Waals surface area contributed by atoms with Crippen molar-refractivity contribution in [2.45, 2.75) is 12.3 Å². The van der Waals surface area contributed by atoms with E-state index in [1.54, 1.807) is 6.20 Å². The van der Waals surface area contributed by atoms with Gasteiger partial charge in [-0.15, -0.1) is 11.3 Å². The van der Waals surface area contributed by atoms with Crippen molar-refractivity contribution in [2.75, 3.05) is 5.32 Å². The number of aromatic nitrogens is 2. The van der Waals surface area contributed by atoms with Gasteiger partial charge in [0.05, 0.1) is 5.69 Å². The maximum Gasteiger partial charge on any atom is 0.229 e. The monoisotopic (exact) mass is 355 g/mol. The molecule has 1 N–H and O–H groups in total.